The van der Waals surface area contributed by atoms with Gasteiger partial charge in [-0.3, -0.25) is 14.5 Å². The molecule has 0 fully saturated rings. The number of nitrogens with one attached hydrogen (secondary N) is 1. The van der Waals surface area contributed by atoms with Gasteiger partial charge in [0.25, 0.3) is 11.1 Å². The topological polar surface area (TPSA) is 103 Å². The Kier molecular flexibility index (Phi) is 6.65. The van der Waals surface area contributed by atoms with Crippen molar-refractivity contribution in [2.45, 2.75) is 46.6 Å². The summed E-state index contributed by atoms with van der Waals surface area (Å²) in [4.78, 5) is 44.4. The Morgan fingerprint density at radius 1 is 1.17 bits per heavy atom. The summed E-state index contributed by atoms with van der Waals surface area (Å²) in [6.07, 6.45) is 2.13. The summed E-state index contributed by atoms with van der Waals surface area (Å²) in [5, 5.41) is 4.91. The standard InChI is InChI=1S/C31H30N4O5S/c1-6-39-30(38)28-17(4)32-31(41-28)40-20-12-10-19(11-13-20)25-21-14-34(16(2)3)24-9-7-8-22(26(21)24)33-23-15-35(18(5)36)29(37)27(23)25/h7-14,16,25,33H,6,15H2,1-5H3/t25-/m1/s1. The maximum atomic E-state index is 13.7. The van der Waals surface area contributed by atoms with E-state index in [4.69, 9.17) is 9.47 Å². The highest BCUT2D eigenvalue weighted by Crippen LogP contribution is 2.47. The number of carbonyl (C=O) groups is 3. The highest BCUT2D eigenvalue weighted by molar-refractivity contribution is 7.15. The lowest BCUT2D eigenvalue weighted by molar-refractivity contribution is -0.139. The van der Waals surface area contributed by atoms with Crippen LogP contribution in [0.2, 0.25) is 0 Å². The van der Waals surface area contributed by atoms with Gasteiger partial charge in [-0.25, -0.2) is 9.78 Å². The molecule has 4 heterocycles. The van der Waals surface area contributed by atoms with Crippen molar-refractivity contribution in [3.05, 3.63) is 81.6 Å². The zero-order valence-corrected chi connectivity index (χ0v) is 24.3. The van der Waals surface area contributed by atoms with Gasteiger partial charge in [-0.05, 0) is 63.1 Å². The molecular weight excluding hydrogens is 540 g/mol. The second-order valence-corrected chi connectivity index (χ2v) is 11.4. The predicted molar refractivity (Wildman–Crippen MR) is 157 cm³/mol. The third kappa shape index (κ3) is 4.48. The van der Waals surface area contributed by atoms with E-state index in [1.54, 1.807) is 13.8 Å². The molecule has 0 unspecified atom stereocenters. The summed E-state index contributed by atoms with van der Waals surface area (Å²) in [7, 11) is 0. The molecule has 1 N–H and O–H groups in total. The number of esters is 1. The lowest BCUT2D eigenvalue weighted by Gasteiger charge is -2.20. The van der Waals surface area contributed by atoms with Gasteiger partial charge >= 0.3 is 5.97 Å². The van der Waals surface area contributed by atoms with Gasteiger partial charge in [-0.2, -0.15) is 0 Å². The quantitative estimate of drug-likeness (QED) is 0.277. The Labute approximate surface area is 241 Å². The van der Waals surface area contributed by atoms with Crippen molar-refractivity contribution in [2.24, 2.45) is 0 Å². The fraction of sp³-hybridized carbons (Fsp3) is 0.290. The summed E-state index contributed by atoms with van der Waals surface area (Å²) in [6, 6.07) is 13.9. The first kappa shape index (κ1) is 26.8. The smallest absolute Gasteiger partial charge is 0.350 e. The minimum absolute atomic E-state index is 0.207. The molecule has 1 atom stereocenters. The van der Waals surface area contributed by atoms with E-state index in [-0.39, 0.29) is 31.0 Å². The molecule has 0 spiro atoms. The number of rotatable bonds is 6. The number of carbonyl (C=O) groups excluding carboxylic acids is 3. The number of ether oxygens (including phenoxy) is 2. The average Bonchev–Trinajstić information content (AvgIpc) is 3.57. The van der Waals surface area contributed by atoms with E-state index in [0.29, 0.717) is 27.1 Å². The lowest BCUT2D eigenvalue weighted by Crippen LogP contribution is -2.33. The van der Waals surface area contributed by atoms with Crippen LogP contribution < -0.4 is 10.1 Å². The van der Waals surface area contributed by atoms with Gasteiger partial charge in [0.2, 0.25) is 5.91 Å². The summed E-state index contributed by atoms with van der Waals surface area (Å²) in [5.41, 5.74) is 5.76. The predicted octanol–water partition coefficient (Wildman–Crippen LogP) is 6.16. The lowest BCUT2D eigenvalue weighted by atomic mass is 9.84. The van der Waals surface area contributed by atoms with Gasteiger partial charge in [0.15, 0.2) is 0 Å². The van der Waals surface area contributed by atoms with Gasteiger partial charge < -0.3 is 19.4 Å². The van der Waals surface area contributed by atoms with E-state index in [0.717, 1.165) is 44.8 Å². The monoisotopic (exact) mass is 570 g/mol. The van der Waals surface area contributed by atoms with Crippen molar-refractivity contribution in [3.63, 3.8) is 0 Å². The van der Waals surface area contributed by atoms with E-state index in [2.05, 4.69) is 41.0 Å². The van der Waals surface area contributed by atoms with Crippen LogP contribution in [0.1, 0.15) is 66.1 Å². The minimum Gasteiger partial charge on any atom is -0.462 e. The van der Waals surface area contributed by atoms with Gasteiger partial charge in [-0.15, -0.1) is 0 Å². The summed E-state index contributed by atoms with van der Waals surface area (Å²) >= 11 is 1.14. The number of anilines is 1. The fourth-order valence-electron chi connectivity index (χ4n) is 5.64. The first-order chi connectivity index (χ1) is 19.7. The first-order valence-electron chi connectivity index (χ1n) is 13.6. The number of aryl methyl sites for hydroxylation is 1. The number of hydrogen-bond donors (Lipinski definition) is 1. The molecule has 2 aliphatic rings. The number of thiazole rings is 1. The molecule has 0 saturated carbocycles. The molecule has 0 bridgehead atoms. The number of aromatic nitrogens is 2. The third-order valence-corrected chi connectivity index (χ3v) is 8.50. The first-order valence-corrected chi connectivity index (χ1v) is 14.4. The number of nitrogens with zero attached hydrogens (tertiary/aromatic N) is 3. The van der Waals surface area contributed by atoms with Crippen LogP contribution in [0.25, 0.3) is 10.9 Å². The van der Waals surface area contributed by atoms with E-state index in [1.165, 1.54) is 11.8 Å². The van der Waals surface area contributed by atoms with Crippen LogP contribution in [0.3, 0.4) is 0 Å². The molecule has 210 valence electrons. The van der Waals surface area contributed by atoms with E-state index in [9.17, 15) is 14.4 Å². The van der Waals surface area contributed by atoms with Crippen molar-refractivity contribution in [1.29, 1.82) is 0 Å². The molecule has 0 radical (unpaired) electrons. The van der Waals surface area contributed by atoms with Gasteiger partial charge in [0.1, 0.15) is 10.6 Å². The van der Waals surface area contributed by atoms with Crippen LogP contribution in [0.5, 0.6) is 10.9 Å². The molecule has 9 nitrogen and oxygen atoms in total. The highest BCUT2D eigenvalue weighted by atomic mass is 32.1. The summed E-state index contributed by atoms with van der Waals surface area (Å²) in [6.45, 7) is 9.68. The largest absolute Gasteiger partial charge is 0.462 e. The van der Waals surface area contributed by atoms with Crippen LogP contribution in [0.15, 0.2) is 59.9 Å². The minimum atomic E-state index is -0.417. The Bertz CT molecular complexity index is 1750. The second-order valence-electron chi connectivity index (χ2n) is 10.4. The number of imide groups is 1. The maximum absolute atomic E-state index is 13.7. The Hall–Kier alpha value is -4.44. The van der Waals surface area contributed by atoms with Gasteiger partial charge in [-0.1, -0.05) is 29.5 Å². The van der Waals surface area contributed by atoms with Crippen molar-refractivity contribution in [1.82, 2.24) is 14.5 Å². The maximum Gasteiger partial charge on any atom is 0.350 e. The van der Waals surface area contributed by atoms with Gasteiger partial charge in [0, 0.05) is 41.9 Å². The van der Waals surface area contributed by atoms with E-state index < -0.39 is 11.9 Å². The zero-order valence-electron chi connectivity index (χ0n) is 23.5. The molecular formula is C31H30N4O5S. The third-order valence-electron chi connectivity index (χ3n) is 7.48. The van der Waals surface area contributed by atoms with Crippen molar-refractivity contribution in [2.75, 3.05) is 18.5 Å². The Balaban J connectivity index is 1.42. The molecule has 2 aromatic heterocycles. The van der Waals surface area contributed by atoms with Crippen LogP contribution in [-0.2, 0) is 14.3 Å². The average molecular weight is 571 g/mol. The summed E-state index contributed by atoms with van der Waals surface area (Å²) < 4.78 is 13.3. The second kappa shape index (κ2) is 10.2. The molecule has 4 aromatic rings. The molecule has 10 heteroatoms. The number of amides is 2. The zero-order chi connectivity index (χ0) is 29.0. The van der Waals surface area contributed by atoms with Crippen LogP contribution in [0, 0.1) is 6.92 Å². The Morgan fingerprint density at radius 2 is 1.93 bits per heavy atom. The van der Waals surface area contributed by atoms with Crippen LogP contribution in [0.4, 0.5) is 5.69 Å². The molecule has 0 saturated heterocycles. The SMILES string of the molecule is CCOC(=O)c1sc(Oc2ccc([C@H]3C4=C(CN(C(C)=O)C4=O)Nc4cccc5c4c3cn5C(C)C)cc2)nc1C. The normalized spacial score (nSPS) is 16.2. The van der Waals surface area contributed by atoms with Crippen molar-refractivity contribution >= 4 is 45.7 Å². The van der Waals surface area contributed by atoms with Crippen molar-refractivity contribution < 1.29 is 23.9 Å². The van der Waals surface area contributed by atoms with Crippen molar-refractivity contribution in [3.8, 4) is 10.9 Å². The van der Waals surface area contributed by atoms with E-state index >= 15 is 0 Å². The van der Waals surface area contributed by atoms with E-state index in [1.807, 2.05) is 36.4 Å². The molecule has 0 aliphatic carbocycles. The highest BCUT2D eigenvalue weighted by Gasteiger charge is 2.41. The molecule has 2 aromatic carbocycles. The summed E-state index contributed by atoms with van der Waals surface area (Å²) in [5.74, 6) is -0.835. The number of benzene rings is 2. The van der Waals surface area contributed by atoms with Crippen LogP contribution >= 0.6 is 11.3 Å². The Morgan fingerprint density at radius 3 is 2.61 bits per heavy atom. The molecule has 2 aliphatic heterocycles. The number of hydrogen-bond acceptors (Lipinski definition) is 8. The molecule has 41 heavy (non-hydrogen) atoms. The fourth-order valence-corrected chi connectivity index (χ4v) is 6.47. The molecule has 6 rings (SSSR count). The van der Waals surface area contributed by atoms with Gasteiger partial charge in [0.05, 0.1) is 29.9 Å². The van der Waals surface area contributed by atoms with Crippen LogP contribution in [-0.4, -0.2) is 45.4 Å². The molecule has 2 amide bonds.